The van der Waals surface area contributed by atoms with Crippen LogP contribution in [-0.4, -0.2) is 33.0 Å². The largest absolute Gasteiger partial charge is 0.497 e. The van der Waals surface area contributed by atoms with Crippen molar-refractivity contribution in [1.29, 1.82) is 0 Å². The molecule has 0 aliphatic rings. The highest BCUT2D eigenvalue weighted by molar-refractivity contribution is 7.73. The van der Waals surface area contributed by atoms with E-state index in [1.54, 1.807) is 39.8 Å². The monoisotopic (exact) mass is 493 g/mol. The maximum absolute atomic E-state index is 5.84. The summed E-state index contributed by atoms with van der Waals surface area (Å²) < 4.78 is 25.1. The average Bonchev–Trinajstić information content (AvgIpc) is 3.13. The normalized spacial score (nSPS) is 10.8. The van der Waals surface area contributed by atoms with Crippen molar-refractivity contribution < 1.29 is 18.9 Å². The van der Waals surface area contributed by atoms with Crippen molar-refractivity contribution >= 4 is 23.6 Å². The van der Waals surface area contributed by atoms with E-state index >= 15 is 0 Å². The number of ether oxygens (including phenoxy) is 4. The number of aryl methyl sites for hydroxylation is 1. The molecule has 0 saturated heterocycles. The van der Waals surface area contributed by atoms with Crippen molar-refractivity contribution in [3.63, 3.8) is 0 Å². The van der Waals surface area contributed by atoms with E-state index in [1.165, 1.54) is 4.88 Å². The molecule has 1 heterocycles. The van der Waals surface area contributed by atoms with Gasteiger partial charge in [0.05, 0.1) is 34.1 Å². The van der Waals surface area contributed by atoms with Crippen LogP contribution in [0.4, 0.5) is 0 Å². The minimum Gasteiger partial charge on any atom is -0.497 e. The Labute approximate surface area is 209 Å². The Kier molecular flexibility index (Phi) is 6.95. The van der Waals surface area contributed by atoms with Gasteiger partial charge >= 0.3 is 0 Å². The van der Waals surface area contributed by atoms with Gasteiger partial charge in [-0.15, -0.1) is 11.3 Å². The number of rotatable bonds is 7. The molecule has 0 atom stereocenters. The molecule has 1 aromatic heterocycles. The van der Waals surface area contributed by atoms with Gasteiger partial charge in [-0.3, -0.25) is 4.57 Å². The summed E-state index contributed by atoms with van der Waals surface area (Å²) in [6.45, 7) is 4.19. The third kappa shape index (κ3) is 4.41. The van der Waals surface area contributed by atoms with Crippen molar-refractivity contribution in [2.75, 3.05) is 28.4 Å². The minimum atomic E-state index is 0.718. The Hall–Kier alpha value is -3.29. The first-order chi connectivity index (χ1) is 16.4. The molecule has 0 amide bonds. The molecule has 7 heteroatoms. The molecule has 5 nitrogen and oxygen atoms in total. The average molecular weight is 494 g/mol. The lowest BCUT2D eigenvalue weighted by Gasteiger charge is -2.20. The summed E-state index contributed by atoms with van der Waals surface area (Å²) in [5.41, 5.74) is 6.04. The molecule has 176 valence electrons. The first-order valence-electron chi connectivity index (χ1n) is 10.7. The van der Waals surface area contributed by atoms with Crippen molar-refractivity contribution in [2.45, 2.75) is 13.8 Å². The van der Waals surface area contributed by atoms with Gasteiger partial charge in [0.1, 0.15) is 23.0 Å². The molecule has 0 fully saturated rings. The molecular weight excluding hydrogens is 466 g/mol. The standard InChI is InChI=1S/C27H27NO4S2/c1-16-17(2)34-27(33)28(16)26-24(18-10-20(29-3)14-21(11-18)30-4)8-7-9-25(26)19-12-22(31-5)15-23(13-19)32-6/h7-15H,1-6H3. The van der Waals surface area contributed by atoms with Gasteiger partial charge in [-0.1, -0.05) is 18.2 Å². The summed E-state index contributed by atoms with van der Waals surface area (Å²) in [5, 5.41) is 0. The number of thiazole rings is 1. The number of hydrogen-bond donors (Lipinski definition) is 0. The van der Waals surface area contributed by atoms with Crippen LogP contribution in [0.2, 0.25) is 0 Å². The number of para-hydroxylation sites is 1. The van der Waals surface area contributed by atoms with E-state index in [0.29, 0.717) is 0 Å². The van der Waals surface area contributed by atoms with Crippen molar-refractivity contribution in [1.82, 2.24) is 4.57 Å². The number of methoxy groups -OCH3 is 4. The topological polar surface area (TPSA) is 41.9 Å². The van der Waals surface area contributed by atoms with E-state index in [-0.39, 0.29) is 0 Å². The summed E-state index contributed by atoms with van der Waals surface area (Å²) in [5.74, 6) is 2.87. The fourth-order valence-electron chi connectivity index (χ4n) is 3.98. The van der Waals surface area contributed by atoms with Crippen LogP contribution in [0.5, 0.6) is 23.0 Å². The summed E-state index contributed by atoms with van der Waals surface area (Å²) in [7, 11) is 6.61. The zero-order chi connectivity index (χ0) is 24.4. The maximum Gasteiger partial charge on any atom is 0.166 e. The number of nitrogens with zero attached hydrogens (tertiary/aromatic N) is 1. The zero-order valence-corrected chi connectivity index (χ0v) is 21.7. The number of hydrogen-bond acceptors (Lipinski definition) is 6. The molecule has 4 aromatic rings. The van der Waals surface area contributed by atoms with E-state index < -0.39 is 0 Å². The lowest BCUT2D eigenvalue weighted by atomic mass is 9.95. The predicted molar refractivity (Wildman–Crippen MR) is 141 cm³/mol. The summed E-state index contributed by atoms with van der Waals surface area (Å²) in [4.78, 5) is 1.18. The minimum absolute atomic E-state index is 0.718. The van der Waals surface area contributed by atoms with Gasteiger partial charge in [0.15, 0.2) is 3.95 Å². The lowest BCUT2D eigenvalue weighted by Crippen LogP contribution is -2.03. The highest BCUT2D eigenvalue weighted by Crippen LogP contribution is 2.41. The second-order valence-electron chi connectivity index (χ2n) is 7.75. The molecule has 0 unspecified atom stereocenters. The lowest BCUT2D eigenvalue weighted by molar-refractivity contribution is 0.394. The van der Waals surface area contributed by atoms with Crippen LogP contribution in [0.1, 0.15) is 10.6 Å². The third-order valence-corrected chi connectivity index (χ3v) is 7.24. The molecule has 0 radical (unpaired) electrons. The molecule has 0 aliphatic heterocycles. The van der Waals surface area contributed by atoms with Gasteiger partial charge in [-0.25, -0.2) is 0 Å². The van der Waals surface area contributed by atoms with Crippen LogP contribution in [-0.2, 0) is 0 Å². The van der Waals surface area contributed by atoms with E-state index in [9.17, 15) is 0 Å². The molecule has 4 rings (SSSR count). The zero-order valence-electron chi connectivity index (χ0n) is 20.1. The maximum atomic E-state index is 5.84. The fraction of sp³-hybridized carbons (Fsp3) is 0.222. The van der Waals surface area contributed by atoms with Crippen LogP contribution in [0.3, 0.4) is 0 Å². The van der Waals surface area contributed by atoms with Gasteiger partial charge in [-0.2, -0.15) is 0 Å². The predicted octanol–water partition coefficient (Wildman–Crippen LogP) is 7.25. The van der Waals surface area contributed by atoms with E-state index in [0.717, 1.165) is 60.6 Å². The van der Waals surface area contributed by atoms with Gasteiger partial charge in [0.25, 0.3) is 0 Å². The van der Waals surface area contributed by atoms with Crippen molar-refractivity contribution in [2.24, 2.45) is 0 Å². The Morgan fingerprint density at radius 2 is 1.09 bits per heavy atom. The third-order valence-electron chi connectivity index (χ3n) is 5.85. The van der Waals surface area contributed by atoms with E-state index in [1.807, 2.05) is 42.5 Å². The van der Waals surface area contributed by atoms with Crippen LogP contribution in [0.15, 0.2) is 54.6 Å². The summed E-state index contributed by atoms with van der Waals surface area (Å²) >= 11 is 7.45. The molecule has 34 heavy (non-hydrogen) atoms. The first kappa shape index (κ1) is 23.9. The summed E-state index contributed by atoms with van der Waals surface area (Å²) in [6.07, 6.45) is 0. The van der Waals surface area contributed by atoms with Crippen molar-refractivity contribution in [3.8, 4) is 50.9 Å². The fourth-order valence-corrected chi connectivity index (χ4v) is 5.40. The van der Waals surface area contributed by atoms with Crippen LogP contribution in [0.25, 0.3) is 27.9 Å². The highest BCUT2D eigenvalue weighted by atomic mass is 32.1. The smallest absolute Gasteiger partial charge is 0.166 e. The molecule has 0 bridgehead atoms. The SMILES string of the molecule is COc1cc(OC)cc(-c2cccc(-c3cc(OC)cc(OC)c3)c2-n2c(C)c(C)sc2=S)c1. The first-order valence-corrected chi connectivity index (χ1v) is 11.9. The van der Waals surface area contributed by atoms with Crippen molar-refractivity contribution in [3.05, 3.63) is 69.1 Å². The van der Waals surface area contributed by atoms with Gasteiger partial charge < -0.3 is 18.9 Å². The molecule has 0 N–H and O–H groups in total. The van der Waals surface area contributed by atoms with Gasteiger partial charge in [0, 0.05) is 33.8 Å². The Balaban J connectivity index is 2.11. The molecule has 0 spiro atoms. The highest BCUT2D eigenvalue weighted by Gasteiger charge is 2.20. The van der Waals surface area contributed by atoms with E-state index in [2.05, 4.69) is 30.5 Å². The molecule has 3 aromatic carbocycles. The number of aromatic nitrogens is 1. The second kappa shape index (κ2) is 9.91. The summed E-state index contributed by atoms with van der Waals surface area (Å²) in [6, 6.07) is 18.0. The Morgan fingerprint density at radius 1 is 0.676 bits per heavy atom. The van der Waals surface area contributed by atoms with E-state index in [4.69, 9.17) is 31.2 Å². The van der Waals surface area contributed by atoms with Crippen LogP contribution < -0.4 is 18.9 Å². The molecular formula is C27H27NO4S2. The number of benzene rings is 3. The second-order valence-corrected chi connectivity index (χ2v) is 9.60. The van der Waals surface area contributed by atoms with Gasteiger partial charge in [-0.05, 0) is 61.5 Å². The van der Waals surface area contributed by atoms with Crippen LogP contribution >= 0.6 is 23.6 Å². The van der Waals surface area contributed by atoms with Gasteiger partial charge in [0.2, 0.25) is 0 Å². The quantitative estimate of drug-likeness (QED) is 0.254. The Morgan fingerprint density at radius 3 is 1.41 bits per heavy atom. The van der Waals surface area contributed by atoms with Crippen LogP contribution in [0, 0.1) is 17.8 Å². The Bertz CT molecular complexity index is 1290. The molecule has 0 aliphatic carbocycles. The molecule has 0 saturated carbocycles.